The van der Waals surface area contributed by atoms with E-state index in [1.54, 1.807) is 37.3 Å². The van der Waals surface area contributed by atoms with Crippen LogP contribution in [-0.4, -0.2) is 25.5 Å². The molecule has 0 spiro atoms. The van der Waals surface area contributed by atoms with Gasteiger partial charge in [0.1, 0.15) is 16.5 Å². The number of urea groups is 1. The van der Waals surface area contributed by atoms with Gasteiger partial charge in [-0.3, -0.25) is 15.2 Å². The first-order chi connectivity index (χ1) is 15.8. The van der Waals surface area contributed by atoms with Crippen molar-refractivity contribution in [2.75, 3.05) is 5.32 Å². The summed E-state index contributed by atoms with van der Waals surface area (Å²) in [5.74, 6) is 0. The molecule has 1 N–H and O–H groups in total. The molecule has 0 bridgehead atoms. The molecule has 0 aliphatic carbocycles. The van der Waals surface area contributed by atoms with E-state index in [2.05, 4.69) is 21.4 Å². The predicted molar refractivity (Wildman–Crippen MR) is 122 cm³/mol. The van der Waals surface area contributed by atoms with Crippen molar-refractivity contribution < 1.29 is 18.1 Å². The van der Waals surface area contributed by atoms with Crippen molar-refractivity contribution in [2.45, 2.75) is 13.3 Å². The van der Waals surface area contributed by atoms with Crippen molar-refractivity contribution in [3.05, 3.63) is 76.6 Å². The van der Waals surface area contributed by atoms with Gasteiger partial charge in [0, 0.05) is 22.4 Å². The molecular formula is C22H15F2N5O2S2. The topological polar surface area (TPSA) is 105 Å². The summed E-state index contributed by atoms with van der Waals surface area (Å²) >= 11 is -0.165. The smallest absolute Gasteiger partial charge is 0.332 e. The van der Waals surface area contributed by atoms with Crippen LogP contribution in [-0.2, 0) is 11.2 Å². The molecule has 33 heavy (non-hydrogen) atoms. The van der Waals surface area contributed by atoms with E-state index >= 15 is 0 Å². The first-order valence-corrected chi connectivity index (χ1v) is 11.6. The molecule has 0 saturated carbocycles. The molecular weight excluding hydrogens is 468 g/mol. The Hall–Kier alpha value is -3.59. The van der Waals surface area contributed by atoms with Crippen molar-refractivity contribution in [3.63, 3.8) is 0 Å². The number of thiazole rings is 1. The Balaban J connectivity index is 1.77. The summed E-state index contributed by atoms with van der Waals surface area (Å²) < 4.78 is 38.1. The number of pyridine rings is 1. The number of nitrogens with zero attached hydrogens (tertiary/aromatic N) is 4. The summed E-state index contributed by atoms with van der Waals surface area (Å²) in [6.45, 7) is 1.62. The maximum atomic E-state index is 13.4. The van der Waals surface area contributed by atoms with Crippen molar-refractivity contribution >= 4 is 33.7 Å². The van der Waals surface area contributed by atoms with E-state index in [-0.39, 0.29) is 10.8 Å². The van der Waals surface area contributed by atoms with Crippen LogP contribution >= 0.6 is 11.3 Å². The maximum Gasteiger partial charge on any atom is 0.332 e. The molecule has 4 rings (SSSR count). The Labute approximate surface area is 194 Å². The zero-order valence-electron chi connectivity index (χ0n) is 17.0. The standard InChI is InChI=1S/C22H15F2N5O2S2/c1-13-9-16(11-17(26-13)20(23)24)19-18(15-4-2-3-14(10-15)12-25)27-21(32-19)28-22(30)29-5-7-33(31)8-6-29/h2-11,20H,1H3,(H,27,28,30). The Kier molecular flexibility index (Phi) is 6.50. The SMILES string of the molecule is Cc1cc(-c2sc(NC(=O)N3C=C[S+]([O-])C=C3)nc2-c2cccc(C#N)c2)cc(C(F)F)n1. The quantitative estimate of drug-likeness (QED) is 0.492. The molecule has 3 aromatic rings. The fourth-order valence-corrected chi connectivity index (χ4v) is 4.63. The van der Waals surface area contributed by atoms with Crippen LogP contribution < -0.4 is 5.32 Å². The molecule has 0 atom stereocenters. The fraction of sp³-hybridized carbons (Fsp3) is 0.0909. The van der Waals surface area contributed by atoms with E-state index in [9.17, 15) is 23.4 Å². The number of nitriles is 1. The van der Waals surface area contributed by atoms with Crippen molar-refractivity contribution in [2.24, 2.45) is 0 Å². The predicted octanol–water partition coefficient (Wildman–Crippen LogP) is 5.53. The van der Waals surface area contributed by atoms with Gasteiger partial charge in [-0.2, -0.15) is 5.26 Å². The number of benzene rings is 1. The molecule has 2 amide bonds. The second-order valence-electron chi connectivity index (χ2n) is 6.85. The van der Waals surface area contributed by atoms with Crippen LogP contribution in [0.2, 0.25) is 0 Å². The third kappa shape index (κ3) is 5.09. The van der Waals surface area contributed by atoms with E-state index in [1.807, 2.05) is 0 Å². The number of hydrogen-bond acceptors (Lipinski definition) is 6. The van der Waals surface area contributed by atoms with Crippen LogP contribution in [0.4, 0.5) is 18.7 Å². The highest BCUT2D eigenvalue weighted by Gasteiger charge is 2.21. The molecule has 0 radical (unpaired) electrons. The number of alkyl halides is 2. The van der Waals surface area contributed by atoms with Gasteiger partial charge in [-0.1, -0.05) is 23.5 Å². The third-order valence-electron chi connectivity index (χ3n) is 4.51. The van der Waals surface area contributed by atoms with Gasteiger partial charge in [-0.15, -0.1) is 0 Å². The molecule has 1 aliphatic rings. The van der Waals surface area contributed by atoms with E-state index in [1.165, 1.54) is 34.2 Å². The highest BCUT2D eigenvalue weighted by atomic mass is 32.2. The summed E-state index contributed by atoms with van der Waals surface area (Å²) in [4.78, 5) is 22.8. The molecule has 0 fully saturated rings. The molecule has 11 heteroatoms. The molecule has 166 valence electrons. The number of halogens is 2. The van der Waals surface area contributed by atoms with E-state index in [0.717, 1.165) is 11.3 Å². The number of carbonyl (C=O) groups is 1. The van der Waals surface area contributed by atoms with Crippen LogP contribution in [0.15, 0.2) is 59.6 Å². The zero-order chi connectivity index (χ0) is 23.5. The van der Waals surface area contributed by atoms with Crippen molar-refractivity contribution in [3.8, 4) is 27.8 Å². The fourth-order valence-electron chi connectivity index (χ4n) is 3.08. The summed E-state index contributed by atoms with van der Waals surface area (Å²) in [5.41, 5.74) is 1.97. The number of hydrogen-bond donors (Lipinski definition) is 1. The van der Waals surface area contributed by atoms with Crippen molar-refractivity contribution in [1.29, 1.82) is 5.26 Å². The van der Waals surface area contributed by atoms with Crippen LogP contribution in [0, 0.1) is 18.3 Å². The third-order valence-corrected chi connectivity index (χ3v) is 6.31. The minimum atomic E-state index is -2.75. The lowest BCUT2D eigenvalue weighted by molar-refractivity contribution is 0.146. The summed E-state index contributed by atoms with van der Waals surface area (Å²) in [5, 5.41) is 14.9. The minimum Gasteiger partial charge on any atom is -0.607 e. The second-order valence-corrected chi connectivity index (χ2v) is 9.05. The summed E-state index contributed by atoms with van der Waals surface area (Å²) in [7, 11) is 0. The van der Waals surface area contributed by atoms with Gasteiger partial charge in [0.15, 0.2) is 5.13 Å². The first kappa shape index (κ1) is 22.6. The van der Waals surface area contributed by atoms with Gasteiger partial charge < -0.3 is 4.55 Å². The largest absolute Gasteiger partial charge is 0.607 e. The number of rotatable bonds is 4. The number of amides is 2. The monoisotopic (exact) mass is 483 g/mol. The van der Waals surface area contributed by atoms with Crippen LogP contribution in [0.1, 0.15) is 23.4 Å². The number of anilines is 1. The highest BCUT2D eigenvalue weighted by molar-refractivity contribution is 7.97. The molecule has 1 aromatic carbocycles. The van der Waals surface area contributed by atoms with Crippen LogP contribution in [0.3, 0.4) is 0 Å². The molecule has 0 unspecified atom stereocenters. The maximum absolute atomic E-state index is 13.4. The van der Waals surface area contributed by atoms with Gasteiger partial charge in [0.05, 0.1) is 34.6 Å². The molecule has 7 nitrogen and oxygen atoms in total. The average Bonchev–Trinajstić information content (AvgIpc) is 3.23. The van der Waals surface area contributed by atoms with Gasteiger partial charge in [-0.05, 0) is 36.8 Å². The van der Waals surface area contributed by atoms with Gasteiger partial charge in [0.25, 0.3) is 6.43 Å². The van der Waals surface area contributed by atoms with Gasteiger partial charge in [0.2, 0.25) is 0 Å². The van der Waals surface area contributed by atoms with E-state index in [0.29, 0.717) is 33.0 Å². The number of carbonyl (C=O) groups excluding carboxylic acids is 1. The summed E-state index contributed by atoms with van der Waals surface area (Å²) in [6, 6.07) is 11.2. The second kappa shape index (κ2) is 9.50. The molecule has 3 heterocycles. The number of aromatic nitrogens is 2. The Bertz CT molecular complexity index is 1300. The first-order valence-electron chi connectivity index (χ1n) is 9.48. The lowest BCUT2D eigenvalue weighted by atomic mass is 10.0. The van der Waals surface area contributed by atoms with E-state index in [4.69, 9.17) is 0 Å². The summed E-state index contributed by atoms with van der Waals surface area (Å²) in [6.07, 6.45) is 0.000849. The van der Waals surface area contributed by atoms with Gasteiger partial charge >= 0.3 is 6.03 Å². The highest BCUT2D eigenvalue weighted by Crippen LogP contribution is 2.40. The van der Waals surface area contributed by atoms with Crippen molar-refractivity contribution in [1.82, 2.24) is 14.9 Å². The Morgan fingerprint density at radius 3 is 2.67 bits per heavy atom. The lowest BCUT2D eigenvalue weighted by Gasteiger charge is -2.15. The number of nitrogens with one attached hydrogen (secondary N) is 1. The van der Waals surface area contributed by atoms with Gasteiger partial charge in [-0.25, -0.2) is 18.6 Å². The Morgan fingerprint density at radius 1 is 1.21 bits per heavy atom. The van der Waals surface area contributed by atoms with Crippen LogP contribution in [0.25, 0.3) is 21.7 Å². The minimum absolute atomic E-state index is 0.230. The zero-order valence-corrected chi connectivity index (χ0v) is 18.7. The Morgan fingerprint density at radius 2 is 1.97 bits per heavy atom. The average molecular weight is 484 g/mol. The van der Waals surface area contributed by atoms with E-state index < -0.39 is 23.6 Å². The molecule has 0 saturated heterocycles. The normalized spacial score (nSPS) is 13.4. The van der Waals surface area contributed by atoms with Crippen LogP contribution in [0.5, 0.6) is 0 Å². The molecule has 2 aromatic heterocycles. The molecule has 1 aliphatic heterocycles. The number of aryl methyl sites for hydroxylation is 1. The lowest BCUT2D eigenvalue weighted by Crippen LogP contribution is -2.27.